The first-order valence-electron chi connectivity index (χ1n) is 5.96. The highest BCUT2D eigenvalue weighted by atomic mass is 32.2. The largest absolute Gasteiger partial charge is 0.497 e. The monoisotopic (exact) mass is 282 g/mol. The molecule has 0 saturated carbocycles. The van der Waals surface area contributed by atoms with Crippen LogP contribution in [0.2, 0.25) is 0 Å². The third kappa shape index (κ3) is 6.15. The molecule has 0 fully saturated rings. The molecule has 0 spiro atoms. The Labute approximate surface area is 117 Å². The molecule has 1 rings (SSSR count). The molecule has 0 radical (unpaired) electrons. The maximum absolute atomic E-state index is 11.5. The van der Waals surface area contributed by atoms with Crippen LogP contribution in [0.15, 0.2) is 29.2 Å². The number of carbonyl (C=O) groups excluding carboxylic acids is 2. The molecular formula is C13H18N2O3S. The Morgan fingerprint density at radius 2 is 1.84 bits per heavy atom. The number of amides is 2. The minimum Gasteiger partial charge on any atom is -0.497 e. The third-order valence-corrected chi connectivity index (χ3v) is 3.26. The predicted octanol–water partition coefficient (Wildman–Crippen LogP) is 1.04. The molecule has 5 nitrogen and oxygen atoms in total. The summed E-state index contributed by atoms with van der Waals surface area (Å²) in [5, 5.41) is 5.18. The predicted molar refractivity (Wildman–Crippen MR) is 75.4 cm³/mol. The van der Waals surface area contributed by atoms with Gasteiger partial charge in [-0.2, -0.15) is 0 Å². The Hall–Kier alpha value is -1.69. The van der Waals surface area contributed by atoms with Gasteiger partial charge >= 0.3 is 0 Å². The molecule has 2 N–H and O–H groups in total. The van der Waals surface area contributed by atoms with E-state index in [1.165, 1.54) is 11.8 Å². The highest BCUT2D eigenvalue weighted by Gasteiger charge is 2.05. The number of hydrogen-bond donors (Lipinski definition) is 2. The van der Waals surface area contributed by atoms with Crippen LogP contribution in [-0.4, -0.2) is 37.8 Å². The van der Waals surface area contributed by atoms with Crippen LogP contribution in [0.3, 0.4) is 0 Å². The highest BCUT2D eigenvalue weighted by Crippen LogP contribution is 2.20. The average Bonchev–Trinajstić information content (AvgIpc) is 2.44. The molecule has 0 saturated heterocycles. The lowest BCUT2D eigenvalue weighted by molar-refractivity contribution is -0.124. The Bertz CT molecular complexity index is 420. The second-order valence-electron chi connectivity index (χ2n) is 3.69. The van der Waals surface area contributed by atoms with Gasteiger partial charge in [-0.3, -0.25) is 9.59 Å². The first kappa shape index (κ1) is 15.4. The number of thioether (sulfide) groups is 1. The second-order valence-corrected chi connectivity index (χ2v) is 4.74. The number of nitrogens with one attached hydrogen (secondary N) is 2. The molecule has 1 aromatic rings. The Morgan fingerprint density at radius 3 is 2.42 bits per heavy atom. The van der Waals surface area contributed by atoms with Crippen LogP contribution in [-0.2, 0) is 9.59 Å². The molecule has 6 heteroatoms. The van der Waals surface area contributed by atoms with E-state index in [-0.39, 0.29) is 24.1 Å². The average molecular weight is 282 g/mol. The van der Waals surface area contributed by atoms with Crippen LogP contribution in [0.4, 0.5) is 0 Å². The van der Waals surface area contributed by atoms with E-state index in [2.05, 4.69) is 10.6 Å². The van der Waals surface area contributed by atoms with E-state index in [1.807, 2.05) is 31.2 Å². The van der Waals surface area contributed by atoms with Gasteiger partial charge in [0.2, 0.25) is 11.8 Å². The normalized spacial score (nSPS) is 9.79. The Kier molecular flexibility index (Phi) is 6.81. The molecule has 19 heavy (non-hydrogen) atoms. The van der Waals surface area contributed by atoms with Gasteiger partial charge in [0.15, 0.2) is 0 Å². The van der Waals surface area contributed by atoms with Crippen molar-refractivity contribution in [1.82, 2.24) is 10.6 Å². The topological polar surface area (TPSA) is 67.4 Å². The van der Waals surface area contributed by atoms with Crippen molar-refractivity contribution in [3.05, 3.63) is 24.3 Å². The number of hydrogen-bond acceptors (Lipinski definition) is 4. The van der Waals surface area contributed by atoms with Crippen molar-refractivity contribution in [1.29, 1.82) is 0 Å². The molecule has 0 bridgehead atoms. The maximum Gasteiger partial charge on any atom is 0.239 e. The van der Waals surface area contributed by atoms with Crippen molar-refractivity contribution >= 4 is 23.6 Å². The summed E-state index contributed by atoms with van der Waals surface area (Å²) < 4.78 is 5.05. The summed E-state index contributed by atoms with van der Waals surface area (Å²) >= 11 is 1.41. The zero-order valence-electron chi connectivity index (χ0n) is 11.1. The van der Waals surface area contributed by atoms with Gasteiger partial charge in [-0.15, -0.1) is 11.8 Å². The summed E-state index contributed by atoms with van der Waals surface area (Å²) in [6.45, 7) is 2.42. The minimum atomic E-state index is -0.176. The molecule has 104 valence electrons. The molecule has 0 unspecified atom stereocenters. The summed E-state index contributed by atoms with van der Waals surface area (Å²) in [7, 11) is 1.61. The minimum absolute atomic E-state index is 0.0237. The van der Waals surface area contributed by atoms with E-state index in [9.17, 15) is 9.59 Å². The lowest BCUT2D eigenvalue weighted by Crippen LogP contribution is -2.37. The van der Waals surface area contributed by atoms with Crippen molar-refractivity contribution in [3.63, 3.8) is 0 Å². The molecule has 0 aliphatic heterocycles. The van der Waals surface area contributed by atoms with Gasteiger partial charge in [-0.1, -0.05) is 0 Å². The van der Waals surface area contributed by atoms with E-state index in [0.29, 0.717) is 6.54 Å². The Morgan fingerprint density at radius 1 is 1.16 bits per heavy atom. The third-order valence-electron chi connectivity index (χ3n) is 2.25. The van der Waals surface area contributed by atoms with E-state index in [4.69, 9.17) is 4.74 Å². The fraction of sp³-hybridized carbons (Fsp3) is 0.385. The molecule has 0 heterocycles. The number of carbonyl (C=O) groups is 2. The lowest BCUT2D eigenvalue weighted by atomic mass is 10.3. The molecular weight excluding hydrogens is 264 g/mol. The van der Waals surface area contributed by atoms with Crippen LogP contribution >= 0.6 is 11.8 Å². The van der Waals surface area contributed by atoms with Gasteiger partial charge in [0.25, 0.3) is 0 Å². The van der Waals surface area contributed by atoms with Gasteiger partial charge in [-0.05, 0) is 31.2 Å². The zero-order chi connectivity index (χ0) is 14.1. The van der Waals surface area contributed by atoms with Gasteiger partial charge in [-0.25, -0.2) is 0 Å². The zero-order valence-corrected chi connectivity index (χ0v) is 11.9. The fourth-order valence-corrected chi connectivity index (χ4v) is 2.04. The number of likely N-dealkylation sites (N-methyl/N-ethyl adjacent to an activating group) is 1. The first-order valence-corrected chi connectivity index (χ1v) is 6.94. The lowest BCUT2D eigenvalue weighted by Gasteiger charge is -2.05. The molecule has 0 aromatic heterocycles. The second kappa shape index (κ2) is 8.42. The van der Waals surface area contributed by atoms with Crippen molar-refractivity contribution in [3.8, 4) is 5.75 Å². The SMILES string of the molecule is CCNC(=O)CNC(=O)CSc1ccc(OC)cc1. The fourth-order valence-electron chi connectivity index (χ4n) is 1.31. The maximum atomic E-state index is 11.5. The number of benzene rings is 1. The quantitative estimate of drug-likeness (QED) is 0.733. The standard InChI is InChI=1S/C13H18N2O3S/c1-3-14-12(16)8-15-13(17)9-19-11-6-4-10(18-2)5-7-11/h4-7H,3,8-9H2,1-2H3,(H,14,16)(H,15,17). The summed E-state index contributed by atoms with van der Waals surface area (Å²) in [6.07, 6.45) is 0. The van der Waals surface area contributed by atoms with Crippen LogP contribution in [0, 0.1) is 0 Å². The smallest absolute Gasteiger partial charge is 0.239 e. The van der Waals surface area contributed by atoms with Gasteiger partial charge in [0, 0.05) is 11.4 Å². The molecule has 1 aromatic carbocycles. The summed E-state index contributed by atoms with van der Waals surface area (Å²) in [5.41, 5.74) is 0. The number of methoxy groups -OCH3 is 1. The van der Waals surface area contributed by atoms with Crippen LogP contribution in [0.1, 0.15) is 6.92 Å². The molecule has 0 atom stereocenters. The van der Waals surface area contributed by atoms with Crippen molar-refractivity contribution in [2.75, 3.05) is 26.0 Å². The highest BCUT2D eigenvalue weighted by molar-refractivity contribution is 8.00. The van der Waals surface area contributed by atoms with E-state index < -0.39 is 0 Å². The van der Waals surface area contributed by atoms with E-state index >= 15 is 0 Å². The van der Waals surface area contributed by atoms with Gasteiger partial charge in [0.1, 0.15) is 5.75 Å². The van der Waals surface area contributed by atoms with Crippen LogP contribution < -0.4 is 15.4 Å². The first-order chi connectivity index (χ1) is 9.15. The number of rotatable bonds is 7. The van der Waals surface area contributed by atoms with Crippen molar-refractivity contribution in [2.45, 2.75) is 11.8 Å². The van der Waals surface area contributed by atoms with Crippen LogP contribution in [0.25, 0.3) is 0 Å². The summed E-state index contributed by atoms with van der Waals surface area (Å²) in [6, 6.07) is 7.46. The van der Waals surface area contributed by atoms with Gasteiger partial charge < -0.3 is 15.4 Å². The van der Waals surface area contributed by atoms with Crippen molar-refractivity contribution < 1.29 is 14.3 Å². The molecule has 2 amide bonds. The molecule has 0 aliphatic rings. The van der Waals surface area contributed by atoms with Crippen LogP contribution in [0.5, 0.6) is 5.75 Å². The van der Waals surface area contributed by atoms with Crippen molar-refractivity contribution in [2.24, 2.45) is 0 Å². The van der Waals surface area contributed by atoms with Gasteiger partial charge in [0.05, 0.1) is 19.4 Å². The number of ether oxygens (including phenoxy) is 1. The Balaban J connectivity index is 2.27. The van der Waals surface area contributed by atoms with E-state index in [1.54, 1.807) is 7.11 Å². The molecule has 0 aliphatic carbocycles. The van der Waals surface area contributed by atoms with E-state index in [0.717, 1.165) is 10.6 Å². The summed E-state index contributed by atoms with van der Waals surface area (Å²) in [4.78, 5) is 23.6. The summed E-state index contributed by atoms with van der Waals surface area (Å²) in [5.74, 6) is 0.730.